The molecule has 3 aromatic heterocycles. The number of alkyl halides is 3. The molecule has 36 heavy (non-hydrogen) atoms. The SMILES string of the molecule is CCn1c(=O)/c(=C2\Sc3cc(SC)ccc3N2C)s/c1=C\c1scc[n+]1Cc1ccc(C(F)(F)F)o1. The molecule has 0 aliphatic carbocycles. The van der Waals surface area contributed by atoms with E-state index in [9.17, 15) is 18.0 Å². The number of benzene rings is 1. The summed E-state index contributed by atoms with van der Waals surface area (Å²) < 4.78 is 48.7. The molecule has 0 saturated heterocycles. The second-order valence-electron chi connectivity index (χ2n) is 7.90. The largest absolute Gasteiger partial charge is 0.450 e. The first kappa shape index (κ1) is 25.2. The molecule has 4 aromatic rings. The summed E-state index contributed by atoms with van der Waals surface area (Å²) in [5, 5.41) is 3.56. The molecule has 0 amide bonds. The number of fused-ring (bicyclic) bond motifs is 1. The Morgan fingerprint density at radius 3 is 2.72 bits per heavy atom. The van der Waals surface area contributed by atoms with Crippen molar-refractivity contribution in [2.24, 2.45) is 0 Å². The molecule has 0 fully saturated rings. The highest BCUT2D eigenvalue weighted by atomic mass is 32.2. The third-order valence-corrected chi connectivity index (χ3v) is 9.73. The van der Waals surface area contributed by atoms with E-state index in [0.717, 1.165) is 31.3 Å². The Hall–Kier alpha value is -2.41. The van der Waals surface area contributed by atoms with Gasteiger partial charge in [-0.15, -0.1) is 23.1 Å². The summed E-state index contributed by atoms with van der Waals surface area (Å²) in [6, 6.07) is 8.58. The topological polar surface area (TPSA) is 42.3 Å². The molecule has 0 unspecified atom stereocenters. The minimum absolute atomic E-state index is 0.0510. The zero-order valence-electron chi connectivity index (χ0n) is 19.5. The fraction of sp³-hybridized carbons (Fsp3) is 0.250. The number of hydrogen-bond donors (Lipinski definition) is 0. The minimum atomic E-state index is -4.52. The van der Waals surface area contributed by atoms with Gasteiger partial charge in [-0.1, -0.05) is 23.1 Å². The van der Waals surface area contributed by atoms with Crippen molar-refractivity contribution in [2.75, 3.05) is 18.2 Å². The first-order chi connectivity index (χ1) is 17.2. The molecule has 0 saturated carbocycles. The molecule has 4 heterocycles. The highest BCUT2D eigenvalue weighted by Gasteiger charge is 2.35. The van der Waals surface area contributed by atoms with Gasteiger partial charge in [0.2, 0.25) is 12.3 Å². The van der Waals surface area contributed by atoms with Gasteiger partial charge in [-0.2, -0.15) is 17.7 Å². The van der Waals surface area contributed by atoms with E-state index in [0.29, 0.717) is 11.1 Å². The molecule has 188 valence electrons. The Balaban J connectivity index is 1.55. The molecule has 1 aliphatic rings. The number of thioether (sulfide) groups is 2. The number of rotatable bonds is 5. The zero-order chi connectivity index (χ0) is 25.6. The second kappa shape index (κ2) is 9.81. The monoisotopic (exact) mass is 568 g/mol. The predicted octanol–water partition coefficient (Wildman–Crippen LogP) is 4.80. The number of anilines is 1. The van der Waals surface area contributed by atoms with E-state index >= 15 is 0 Å². The van der Waals surface area contributed by atoms with Crippen LogP contribution in [0, 0.1) is 0 Å². The molecule has 0 atom stereocenters. The number of halogens is 3. The van der Waals surface area contributed by atoms with Crippen LogP contribution in [0.4, 0.5) is 18.9 Å². The molecule has 0 bridgehead atoms. The zero-order valence-corrected chi connectivity index (χ0v) is 22.7. The van der Waals surface area contributed by atoms with Crippen LogP contribution in [0.15, 0.2) is 60.9 Å². The average molecular weight is 569 g/mol. The summed E-state index contributed by atoms with van der Waals surface area (Å²) in [6.07, 6.45) is 1.23. The van der Waals surface area contributed by atoms with Gasteiger partial charge in [-0.05, 0) is 43.5 Å². The van der Waals surface area contributed by atoms with Gasteiger partial charge in [0.25, 0.3) is 10.6 Å². The van der Waals surface area contributed by atoms with Crippen molar-refractivity contribution in [1.29, 1.82) is 0 Å². The summed E-state index contributed by atoms with van der Waals surface area (Å²) >= 11 is 6.15. The van der Waals surface area contributed by atoms with Gasteiger partial charge in [0, 0.05) is 23.4 Å². The summed E-state index contributed by atoms with van der Waals surface area (Å²) in [7, 11) is 1.97. The van der Waals surface area contributed by atoms with Gasteiger partial charge in [0.05, 0.1) is 17.1 Å². The van der Waals surface area contributed by atoms with Crippen molar-refractivity contribution >= 4 is 63.0 Å². The smallest absolute Gasteiger partial charge is 0.449 e. The van der Waals surface area contributed by atoms with Crippen molar-refractivity contribution in [2.45, 2.75) is 36.0 Å². The summed E-state index contributed by atoms with van der Waals surface area (Å²) in [4.78, 5) is 17.7. The van der Waals surface area contributed by atoms with Gasteiger partial charge in [-0.3, -0.25) is 9.36 Å². The molecule has 5 rings (SSSR count). The summed E-state index contributed by atoms with van der Waals surface area (Å²) in [5.41, 5.74) is 1.02. The van der Waals surface area contributed by atoms with Crippen LogP contribution in [0.3, 0.4) is 0 Å². The lowest BCUT2D eigenvalue weighted by Gasteiger charge is -2.12. The second-order valence-corrected chi connectivity index (χ2v) is 11.8. The van der Waals surface area contributed by atoms with Crippen LogP contribution in [0.2, 0.25) is 0 Å². The Labute approximate surface area is 221 Å². The van der Waals surface area contributed by atoms with Crippen molar-refractivity contribution in [1.82, 2.24) is 4.57 Å². The van der Waals surface area contributed by atoms with Crippen molar-refractivity contribution in [3.63, 3.8) is 0 Å². The Morgan fingerprint density at radius 1 is 1.22 bits per heavy atom. The Bertz CT molecular complexity index is 1610. The van der Waals surface area contributed by atoms with E-state index in [2.05, 4.69) is 23.1 Å². The molecular weight excluding hydrogens is 548 g/mol. The van der Waals surface area contributed by atoms with Crippen LogP contribution in [0.5, 0.6) is 0 Å². The fourth-order valence-electron chi connectivity index (χ4n) is 3.88. The minimum Gasteiger partial charge on any atom is -0.450 e. The summed E-state index contributed by atoms with van der Waals surface area (Å²) in [5.74, 6) is -0.801. The quantitative estimate of drug-likeness (QED) is 0.256. The maximum Gasteiger partial charge on any atom is 0.449 e. The maximum atomic E-state index is 13.4. The number of thiazole rings is 2. The number of furan rings is 1. The molecule has 1 aromatic carbocycles. The van der Waals surface area contributed by atoms with Gasteiger partial charge >= 0.3 is 6.18 Å². The van der Waals surface area contributed by atoms with Crippen LogP contribution in [0.1, 0.15) is 23.5 Å². The Kier molecular flexibility index (Phi) is 6.88. The fourth-order valence-corrected chi connectivity index (χ4v) is 7.75. The molecule has 0 N–H and O–H groups in total. The molecule has 5 nitrogen and oxygen atoms in total. The van der Waals surface area contributed by atoms with Crippen LogP contribution in [-0.2, 0) is 19.3 Å². The third kappa shape index (κ3) is 4.67. The first-order valence-corrected chi connectivity index (χ1v) is 14.6. The lowest BCUT2D eigenvalue weighted by Crippen LogP contribution is -2.36. The molecular formula is C24H21F3N3O2S4+. The predicted molar refractivity (Wildman–Crippen MR) is 140 cm³/mol. The maximum absolute atomic E-state index is 13.4. The van der Waals surface area contributed by atoms with Crippen LogP contribution < -0.4 is 24.2 Å². The number of hydrogen-bond acceptors (Lipinski definition) is 7. The number of nitrogens with zero attached hydrogens (tertiary/aromatic N) is 3. The highest BCUT2D eigenvalue weighted by molar-refractivity contribution is 8.08. The van der Waals surface area contributed by atoms with Crippen molar-refractivity contribution in [3.05, 3.63) is 78.0 Å². The molecule has 0 spiro atoms. The van der Waals surface area contributed by atoms with E-state index in [4.69, 9.17) is 4.42 Å². The van der Waals surface area contributed by atoms with Gasteiger partial charge in [-0.25, -0.2) is 0 Å². The van der Waals surface area contributed by atoms with E-state index in [1.54, 1.807) is 34.3 Å². The standard InChI is InChI=1S/C24H21F3N3O2S4/c1-4-30-20(12-19-29(9-10-34-19)13-14-5-8-18(32-14)24(25,26)27)36-21(22(30)31)23-28(2)16-7-6-15(33-3)11-17(16)35-23/h5-12H,4,13H2,1-3H3/q+1/b23-21+. The van der Waals surface area contributed by atoms with Crippen LogP contribution in [-0.4, -0.2) is 17.9 Å². The first-order valence-electron chi connectivity index (χ1n) is 10.9. The van der Waals surface area contributed by atoms with Gasteiger partial charge in [0.1, 0.15) is 14.2 Å². The van der Waals surface area contributed by atoms with Crippen LogP contribution >= 0.6 is 46.2 Å². The third-order valence-electron chi connectivity index (χ3n) is 5.69. The average Bonchev–Trinajstić information content (AvgIpc) is 3.61. The Morgan fingerprint density at radius 2 is 2.03 bits per heavy atom. The van der Waals surface area contributed by atoms with E-state index in [1.165, 1.54) is 33.6 Å². The summed E-state index contributed by atoms with van der Waals surface area (Å²) in [6.45, 7) is 2.59. The van der Waals surface area contributed by atoms with E-state index in [1.807, 2.05) is 36.3 Å². The molecule has 12 heteroatoms. The van der Waals surface area contributed by atoms with Crippen molar-refractivity contribution < 1.29 is 22.2 Å². The van der Waals surface area contributed by atoms with Gasteiger partial charge in [0.15, 0.2) is 12.0 Å². The van der Waals surface area contributed by atoms with E-state index in [-0.39, 0.29) is 17.9 Å². The van der Waals surface area contributed by atoms with Crippen molar-refractivity contribution in [3.8, 4) is 0 Å². The normalized spacial score (nSPS) is 15.7. The highest BCUT2D eigenvalue weighted by Crippen LogP contribution is 2.46. The number of aromatic nitrogens is 2. The van der Waals surface area contributed by atoms with E-state index < -0.39 is 11.9 Å². The molecule has 1 aliphatic heterocycles. The molecule has 0 radical (unpaired) electrons. The van der Waals surface area contributed by atoms with Crippen LogP contribution in [0.25, 0.3) is 11.1 Å². The lowest BCUT2D eigenvalue weighted by molar-refractivity contribution is -0.686. The lowest BCUT2D eigenvalue weighted by atomic mass is 10.3. The van der Waals surface area contributed by atoms with Gasteiger partial charge < -0.3 is 9.32 Å².